The molecule has 0 saturated heterocycles. The van der Waals surface area contributed by atoms with Crippen molar-refractivity contribution in [2.75, 3.05) is 13.7 Å². The third-order valence-corrected chi connectivity index (χ3v) is 4.20. The molecule has 1 atom stereocenters. The van der Waals surface area contributed by atoms with Crippen LogP contribution in [0.15, 0.2) is 29.2 Å². The van der Waals surface area contributed by atoms with Gasteiger partial charge in [-0.2, -0.15) is 0 Å². The van der Waals surface area contributed by atoms with Crippen molar-refractivity contribution in [3.05, 3.63) is 24.3 Å². The second-order valence-corrected chi connectivity index (χ2v) is 5.50. The largest absolute Gasteiger partial charge is 0.497 e. The summed E-state index contributed by atoms with van der Waals surface area (Å²) >= 11 is 0. The van der Waals surface area contributed by atoms with Crippen LogP contribution in [0.5, 0.6) is 5.75 Å². The third kappa shape index (κ3) is 2.72. The molecule has 0 fully saturated rings. The third-order valence-electron chi connectivity index (χ3n) is 2.24. The molecule has 0 saturated carbocycles. The van der Waals surface area contributed by atoms with Crippen LogP contribution in [-0.2, 0) is 9.84 Å². The number of ether oxygens (including phenoxy) is 1. The van der Waals surface area contributed by atoms with Crippen molar-refractivity contribution in [1.29, 1.82) is 0 Å². The fraction of sp³-hybridized carbons (Fsp3) is 0.400. The Labute approximate surface area is 95.3 Å². The van der Waals surface area contributed by atoms with Gasteiger partial charge in [0.2, 0.25) is 0 Å². The van der Waals surface area contributed by atoms with Crippen LogP contribution in [0.4, 0.5) is 0 Å². The maximum atomic E-state index is 11.9. The van der Waals surface area contributed by atoms with Crippen LogP contribution in [0.2, 0.25) is 0 Å². The van der Waals surface area contributed by atoms with Crippen molar-refractivity contribution >= 4 is 9.84 Å². The Balaban J connectivity index is 2.98. The number of methoxy groups -OCH3 is 1. The molecule has 0 bridgehead atoms. The van der Waals surface area contributed by atoms with Gasteiger partial charge in [-0.25, -0.2) is 8.42 Å². The maximum absolute atomic E-state index is 11.9. The first kappa shape index (κ1) is 13.0. The summed E-state index contributed by atoms with van der Waals surface area (Å²) in [6.07, 6.45) is 0.244. The molecule has 4 N–H and O–H groups in total. The quantitative estimate of drug-likeness (QED) is 0.766. The highest BCUT2D eigenvalue weighted by Crippen LogP contribution is 2.18. The van der Waals surface area contributed by atoms with E-state index < -0.39 is 15.2 Å². The molecular weight excluding hydrogens is 228 g/mol. The van der Waals surface area contributed by atoms with Gasteiger partial charge in [0.15, 0.2) is 9.84 Å². The summed E-state index contributed by atoms with van der Waals surface area (Å²) in [4.78, 5) is 0.189. The normalized spacial score (nSPS) is 13.4. The van der Waals surface area contributed by atoms with Gasteiger partial charge in [0.05, 0.1) is 12.0 Å². The molecule has 1 aromatic rings. The molecule has 1 aromatic carbocycles. The minimum absolute atomic E-state index is 0.189. The van der Waals surface area contributed by atoms with Gasteiger partial charge in [0, 0.05) is 0 Å². The molecule has 0 aliphatic rings. The average molecular weight is 244 g/mol. The van der Waals surface area contributed by atoms with Gasteiger partial charge in [-0.3, -0.25) is 0 Å². The van der Waals surface area contributed by atoms with Crippen LogP contribution in [0.25, 0.3) is 0 Å². The average Bonchev–Trinajstić information content (AvgIpc) is 2.29. The fourth-order valence-corrected chi connectivity index (χ4v) is 2.57. The van der Waals surface area contributed by atoms with E-state index in [0.29, 0.717) is 5.75 Å². The first-order valence-electron chi connectivity index (χ1n) is 4.86. The molecule has 0 radical (unpaired) electrons. The van der Waals surface area contributed by atoms with Gasteiger partial charge < -0.3 is 16.2 Å². The first-order valence-corrected chi connectivity index (χ1v) is 6.40. The lowest BCUT2D eigenvalue weighted by atomic mass is 10.3. The van der Waals surface area contributed by atoms with Crippen molar-refractivity contribution < 1.29 is 13.2 Å². The van der Waals surface area contributed by atoms with Crippen molar-refractivity contribution in [3.63, 3.8) is 0 Å². The standard InChI is InChI=1S/C10H16N2O3S/c1-15-8-2-4-9(5-3-8)16(13,14)10(12)6-7-11/h2-5,10H,6-7,11-12H2,1H3. The van der Waals surface area contributed by atoms with E-state index in [1.165, 1.54) is 19.2 Å². The summed E-state index contributed by atoms with van der Waals surface area (Å²) in [5.74, 6) is 0.603. The number of benzene rings is 1. The predicted molar refractivity (Wildman–Crippen MR) is 61.8 cm³/mol. The van der Waals surface area contributed by atoms with Gasteiger partial charge in [0.1, 0.15) is 11.1 Å². The van der Waals surface area contributed by atoms with Crippen molar-refractivity contribution in [3.8, 4) is 5.75 Å². The zero-order valence-electron chi connectivity index (χ0n) is 9.09. The molecular formula is C10H16N2O3S. The maximum Gasteiger partial charge on any atom is 0.194 e. The van der Waals surface area contributed by atoms with Crippen LogP contribution in [0, 0.1) is 0 Å². The van der Waals surface area contributed by atoms with Crippen LogP contribution >= 0.6 is 0 Å². The summed E-state index contributed by atoms with van der Waals surface area (Å²) < 4.78 is 28.7. The molecule has 0 amide bonds. The predicted octanol–water partition coefficient (Wildman–Crippen LogP) is 0.103. The Bertz CT molecular complexity index is 428. The topological polar surface area (TPSA) is 95.4 Å². The van der Waals surface area contributed by atoms with Crippen LogP contribution in [-0.4, -0.2) is 27.4 Å². The van der Waals surface area contributed by atoms with E-state index in [4.69, 9.17) is 16.2 Å². The van der Waals surface area contributed by atoms with Gasteiger partial charge >= 0.3 is 0 Å². The smallest absolute Gasteiger partial charge is 0.194 e. The lowest BCUT2D eigenvalue weighted by molar-refractivity contribution is 0.414. The number of hydrogen-bond acceptors (Lipinski definition) is 5. The number of sulfone groups is 1. The van der Waals surface area contributed by atoms with E-state index in [-0.39, 0.29) is 17.9 Å². The van der Waals surface area contributed by atoms with Crippen molar-refractivity contribution in [1.82, 2.24) is 0 Å². The Morgan fingerprint density at radius 3 is 2.31 bits per heavy atom. The summed E-state index contributed by atoms with van der Waals surface area (Å²) in [6, 6.07) is 6.12. The molecule has 1 rings (SSSR count). The Kier molecular flexibility index (Phi) is 4.28. The Morgan fingerprint density at radius 2 is 1.88 bits per heavy atom. The number of rotatable bonds is 5. The van der Waals surface area contributed by atoms with Crippen LogP contribution in [0.3, 0.4) is 0 Å². The van der Waals surface area contributed by atoms with E-state index >= 15 is 0 Å². The van der Waals surface area contributed by atoms with Gasteiger partial charge in [-0.15, -0.1) is 0 Å². The fourth-order valence-electron chi connectivity index (χ4n) is 1.26. The molecule has 0 spiro atoms. The lowest BCUT2D eigenvalue weighted by Crippen LogP contribution is -2.32. The number of nitrogens with two attached hydrogens (primary N) is 2. The zero-order valence-corrected chi connectivity index (χ0v) is 9.91. The van der Waals surface area contributed by atoms with Crippen LogP contribution in [0.1, 0.15) is 6.42 Å². The number of hydrogen-bond donors (Lipinski definition) is 2. The second-order valence-electron chi connectivity index (χ2n) is 3.34. The van der Waals surface area contributed by atoms with E-state index in [1.54, 1.807) is 12.1 Å². The van der Waals surface area contributed by atoms with Gasteiger partial charge in [-0.1, -0.05) is 0 Å². The van der Waals surface area contributed by atoms with Crippen molar-refractivity contribution in [2.45, 2.75) is 16.7 Å². The van der Waals surface area contributed by atoms with E-state index in [2.05, 4.69) is 0 Å². The zero-order chi connectivity index (χ0) is 12.2. The van der Waals surface area contributed by atoms with Gasteiger partial charge in [0.25, 0.3) is 0 Å². The molecule has 0 aliphatic carbocycles. The highest BCUT2D eigenvalue weighted by atomic mass is 32.2. The van der Waals surface area contributed by atoms with Crippen molar-refractivity contribution in [2.24, 2.45) is 11.5 Å². The monoisotopic (exact) mass is 244 g/mol. The Hall–Kier alpha value is -1.11. The minimum Gasteiger partial charge on any atom is -0.497 e. The lowest BCUT2D eigenvalue weighted by Gasteiger charge is -2.12. The van der Waals surface area contributed by atoms with Crippen LogP contribution < -0.4 is 16.2 Å². The summed E-state index contributed by atoms with van der Waals surface area (Å²) in [6.45, 7) is 0.247. The molecule has 1 unspecified atom stereocenters. The summed E-state index contributed by atoms with van der Waals surface area (Å²) in [7, 11) is -1.97. The SMILES string of the molecule is COc1ccc(S(=O)(=O)C(N)CCN)cc1. The Morgan fingerprint density at radius 1 is 1.31 bits per heavy atom. The molecule has 0 aromatic heterocycles. The van der Waals surface area contributed by atoms with E-state index in [1.807, 2.05) is 0 Å². The molecule has 90 valence electrons. The minimum atomic E-state index is -3.48. The highest BCUT2D eigenvalue weighted by molar-refractivity contribution is 7.92. The first-order chi connectivity index (χ1) is 7.52. The summed E-state index contributed by atoms with van der Waals surface area (Å²) in [5.41, 5.74) is 10.9. The molecule has 0 aliphatic heterocycles. The molecule has 5 nitrogen and oxygen atoms in total. The van der Waals surface area contributed by atoms with E-state index in [9.17, 15) is 8.42 Å². The molecule has 0 heterocycles. The molecule has 6 heteroatoms. The summed E-state index contributed by atoms with van der Waals surface area (Å²) in [5, 5.41) is -0.953. The highest BCUT2D eigenvalue weighted by Gasteiger charge is 2.22. The van der Waals surface area contributed by atoms with Gasteiger partial charge in [-0.05, 0) is 37.2 Å². The van der Waals surface area contributed by atoms with E-state index in [0.717, 1.165) is 0 Å². The second kappa shape index (κ2) is 5.29. The molecule has 16 heavy (non-hydrogen) atoms.